The molecule has 4 nitrogen and oxygen atoms in total. The molecule has 9 heavy (non-hydrogen) atoms. The second-order valence-corrected chi connectivity index (χ2v) is 1.51. The number of hydrogen-bond donors (Lipinski definition) is 2. The smallest absolute Gasteiger partial charge is 0.411 e. The summed E-state index contributed by atoms with van der Waals surface area (Å²) in [4.78, 5) is 0. The molecule has 0 aromatic carbocycles. The molecule has 0 radical (unpaired) electrons. The molecule has 0 saturated carbocycles. The number of rotatable bonds is 1. The Balaban J connectivity index is 0.000000640. The fourth-order valence-corrected chi connectivity index (χ4v) is 0.491. The summed E-state index contributed by atoms with van der Waals surface area (Å²) in [6.07, 6.45) is 4.48. The topological polar surface area (TPSA) is 44.5 Å². The quantitative estimate of drug-likeness (QED) is 0.331. The van der Waals surface area contributed by atoms with Crippen molar-refractivity contribution >= 4 is 0 Å². The maximum atomic E-state index is 5.26. The molecule has 0 saturated heterocycles. The molecule has 0 aliphatic carbocycles. The number of nitrogens with zero attached hydrogens (tertiary/aromatic N) is 2. The minimum Gasteiger partial charge on any atom is -1.00 e. The van der Waals surface area contributed by atoms with Gasteiger partial charge in [-0.25, -0.2) is 5.84 Å². The standard InChI is InChI=1S/C4H9N4.BrH/c1-2-7-3-4-8(5)6-7;/h4,6H,2,5H2,1H3;1H/q+1;/p-1. The van der Waals surface area contributed by atoms with Crippen molar-refractivity contribution in [3.63, 3.8) is 0 Å². The number of nitrogens with two attached hydrogens (primary N) is 1. The maximum absolute atomic E-state index is 5.26. The predicted molar refractivity (Wildman–Crippen MR) is 29.4 cm³/mol. The van der Waals surface area contributed by atoms with Crippen molar-refractivity contribution in [1.29, 1.82) is 0 Å². The summed E-state index contributed by atoms with van der Waals surface area (Å²) in [6.45, 7) is 2.87. The predicted octanol–water partition coefficient (Wildman–Crippen LogP) is -3.80. The van der Waals surface area contributed by atoms with Crippen LogP contribution in [-0.4, -0.2) is 16.7 Å². The molecule has 0 bridgehead atoms. The normalized spacial score (nSPS) is 15.3. The van der Waals surface area contributed by atoms with Crippen LogP contribution in [0.15, 0.2) is 6.20 Å². The van der Waals surface area contributed by atoms with Crippen LogP contribution in [0.5, 0.6) is 0 Å². The zero-order valence-corrected chi connectivity index (χ0v) is 6.72. The summed E-state index contributed by atoms with van der Waals surface area (Å²) >= 11 is 0. The highest BCUT2D eigenvalue weighted by molar-refractivity contribution is 4.73. The van der Waals surface area contributed by atoms with E-state index in [9.17, 15) is 0 Å². The Bertz CT molecular complexity index is 105. The van der Waals surface area contributed by atoms with Crippen molar-refractivity contribution in [2.75, 3.05) is 6.54 Å². The molecule has 0 fully saturated rings. The van der Waals surface area contributed by atoms with E-state index in [4.69, 9.17) is 5.84 Å². The van der Waals surface area contributed by atoms with E-state index in [1.165, 1.54) is 5.12 Å². The van der Waals surface area contributed by atoms with Gasteiger partial charge in [-0.15, -0.1) is 0 Å². The lowest BCUT2D eigenvalue weighted by Gasteiger charge is -2.05. The van der Waals surface area contributed by atoms with E-state index in [1.807, 2.05) is 6.92 Å². The zero-order chi connectivity index (χ0) is 5.98. The summed E-state index contributed by atoms with van der Waals surface area (Å²) in [6, 6.07) is 0. The molecule has 5 heteroatoms. The molecule has 0 spiro atoms. The van der Waals surface area contributed by atoms with Crippen molar-refractivity contribution < 1.29 is 17.0 Å². The Morgan fingerprint density at radius 3 is 2.67 bits per heavy atom. The zero-order valence-electron chi connectivity index (χ0n) is 5.13. The van der Waals surface area contributed by atoms with Crippen molar-refractivity contribution in [1.82, 2.24) is 15.7 Å². The highest BCUT2D eigenvalue weighted by Crippen LogP contribution is 1.90. The Morgan fingerprint density at radius 2 is 2.44 bits per heavy atom. The highest BCUT2D eigenvalue weighted by Gasteiger charge is 2.19. The molecule has 0 atom stereocenters. The van der Waals surface area contributed by atoms with Crippen LogP contribution >= 0.6 is 0 Å². The van der Waals surface area contributed by atoms with Gasteiger partial charge in [-0.3, -0.25) is 0 Å². The Morgan fingerprint density at radius 1 is 1.78 bits per heavy atom. The molecule has 0 amide bonds. The third-order valence-corrected chi connectivity index (χ3v) is 0.905. The van der Waals surface area contributed by atoms with Gasteiger partial charge in [-0.1, -0.05) is 10.5 Å². The van der Waals surface area contributed by atoms with Crippen molar-refractivity contribution in [2.24, 2.45) is 5.84 Å². The molecule has 0 aromatic heterocycles. The first-order valence-corrected chi connectivity index (χ1v) is 2.50. The lowest BCUT2D eigenvalue weighted by Crippen LogP contribution is -3.00. The first-order valence-electron chi connectivity index (χ1n) is 2.50. The van der Waals surface area contributed by atoms with E-state index < -0.39 is 0 Å². The molecule has 1 rings (SSSR count). The van der Waals surface area contributed by atoms with E-state index in [2.05, 4.69) is 11.7 Å². The molecule has 1 heterocycles. The molecule has 1 aliphatic heterocycles. The van der Waals surface area contributed by atoms with Crippen molar-refractivity contribution in [2.45, 2.75) is 6.92 Å². The first kappa shape index (κ1) is 8.65. The average Bonchev–Trinajstić information content (AvgIpc) is 2.14. The Hall–Kier alpha value is -0.350. The molecular weight excluding hydrogens is 184 g/mol. The van der Waals surface area contributed by atoms with Crippen LogP contribution in [0.2, 0.25) is 0 Å². The summed E-state index contributed by atoms with van der Waals surface area (Å²) in [5.74, 6) is 5.26. The summed E-state index contributed by atoms with van der Waals surface area (Å²) in [5.41, 5.74) is 2.78. The van der Waals surface area contributed by atoms with Gasteiger partial charge >= 0.3 is 12.4 Å². The number of hydrazine groups is 3. The highest BCUT2D eigenvalue weighted by atomic mass is 79.9. The van der Waals surface area contributed by atoms with E-state index in [1.54, 1.807) is 11.2 Å². The van der Waals surface area contributed by atoms with Gasteiger partial charge < -0.3 is 17.0 Å². The fraction of sp³-hybridized carbons (Fsp3) is 0.500. The van der Waals surface area contributed by atoms with Gasteiger partial charge in [0, 0.05) is 0 Å². The molecule has 0 aromatic rings. The van der Waals surface area contributed by atoms with E-state index in [0.29, 0.717) is 0 Å². The van der Waals surface area contributed by atoms with Crippen LogP contribution in [0.4, 0.5) is 0 Å². The van der Waals surface area contributed by atoms with Gasteiger partial charge in [0.2, 0.25) is 0 Å². The molecule has 0 unspecified atom stereocenters. The minimum atomic E-state index is 0. The first-order chi connectivity index (χ1) is 3.83. The third kappa shape index (κ3) is 2.15. The lowest BCUT2D eigenvalue weighted by atomic mass is 10.7. The number of hydrogen-bond acceptors (Lipinski definition) is 4. The van der Waals surface area contributed by atoms with Gasteiger partial charge in [-0.2, -0.15) is 5.12 Å². The largest absolute Gasteiger partial charge is 1.00 e. The van der Waals surface area contributed by atoms with Crippen LogP contribution in [-0.2, 0) is 0 Å². The van der Waals surface area contributed by atoms with Gasteiger partial charge in [0.25, 0.3) is 0 Å². The van der Waals surface area contributed by atoms with E-state index >= 15 is 0 Å². The van der Waals surface area contributed by atoms with Crippen molar-refractivity contribution in [3.8, 4) is 0 Å². The number of nitrogens with one attached hydrogen (secondary N) is 1. The van der Waals surface area contributed by atoms with Crippen LogP contribution in [0.25, 0.3) is 0 Å². The molecule has 52 valence electrons. The summed E-state index contributed by atoms with van der Waals surface area (Å²) in [5, 5.41) is 3.10. The second kappa shape index (κ2) is 3.63. The summed E-state index contributed by atoms with van der Waals surface area (Å²) in [7, 11) is 0. The van der Waals surface area contributed by atoms with Gasteiger partial charge in [0.15, 0.2) is 0 Å². The van der Waals surface area contributed by atoms with Crippen LogP contribution in [0.1, 0.15) is 6.92 Å². The second-order valence-electron chi connectivity index (χ2n) is 1.51. The third-order valence-electron chi connectivity index (χ3n) is 0.905. The van der Waals surface area contributed by atoms with Crippen LogP contribution in [0, 0.1) is 6.20 Å². The molecule has 1 aliphatic rings. The average molecular weight is 193 g/mol. The van der Waals surface area contributed by atoms with Gasteiger partial charge in [0.05, 0.1) is 6.54 Å². The Kier molecular flexibility index (Phi) is 3.49. The van der Waals surface area contributed by atoms with Crippen LogP contribution < -0.4 is 28.4 Å². The van der Waals surface area contributed by atoms with Gasteiger partial charge in [0.1, 0.15) is 0 Å². The maximum Gasteiger partial charge on any atom is 0.411 e. The summed E-state index contributed by atoms with van der Waals surface area (Å²) < 4.78 is 0. The van der Waals surface area contributed by atoms with E-state index in [0.717, 1.165) is 6.54 Å². The fourth-order valence-electron chi connectivity index (χ4n) is 0.491. The molecular formula is C4H9BrN4. The lowest BCUT2D eigenvalue weighted by molar-refractivity contribution is -0.00000198. The van der Waals surface area contributed by atoms with Crippen molar-refractivity contribution in [3.05, 3.63) is 12.4 Å². The SMILES string of the molecule is CCN1[C+]=CN(N)N1.[Br-]. The monoisotopic (exact) mass is 192 g/mol. The molecule has 3 N–H and O–H groups in total. The van der Waals surface area contributed by atoms with E-state index in [-0.39, 0.29) is 17.0 Å². The minimum absolute atomic E-state index is 0. The van der Waals surface area contributed by atoms with Crippen LogP contribution in [0.3, 0.4) is 0 Å². The van der Waals surface area contributed by atoms with Gasteiger partial charge in [-0.05, 0) is 6.92 Å². The number of halogens is 1. The Labute approximate surface area is 65.0 Å².